The van der Waals surface area contributed by atoms with E-state index in [-0.39, 0.29) is 10.7 Å². The van der Waals surface area contributed by atoms with Crippen LogP contribution in [-0.2, 0) is 4.79 Å². The van der Waals surface area contributed by atoms with Crippen LogP contribution in [0.15, 0.2) is 35.9 Å². The molecule has 0 saturated heterocycles. The van der Waals surface area contributed by atoms with Crippen LogP contribution in [0.25, 0.3) is 0 Å². The Bertz CT molecular complexity index is 438. The molecule has 112 valence electrons. The average Bonchev–Trinajstić information content (AvgIpc) is 2.60. The quantitative estimate of drug-likeness (QED) is 0.730. The minimum Gasteiger partial charge on any atom is -0.327 e. The molecular formula is C17H27NOS. The number of hydrogen-bond acceptors (Lipinski definition) is 2. The van der Waals surface area contributed by atoms with Gasteiger partial charge in [-0.2, -0.15) is 0 Å². The second-order valence-electron chi connectivity index (χ2n) is 6.18. The van der Waals surface area contributed by atoms with Crippen LogP contribution in [0.2, 0.25) is 0 Å². The molecule has 0 fully saturated rings. The SMILES string of the molecule is C=CC(=C)NC(=O)C[C@@H](C(C)C)C1(C)SC(C)=CC1C. The molecule has 0 bridgehead atoms. The summed E-state index contributed by atoms with van der Waals surface area (Å²) in [5.41, 5.74) is 0.573. The van der Waals surface area contributed by atoms with Crippen LogP contribution >= 0.6 is 11.8 Å². The molecule has 0 aliphatic carbocycles. The molecule has 0 radical (unpaired) electrons. The topological polar surface area (TPSA) is 29.1 Å². The van der Waals surface area contributed by atoms with Gasteiger partial charge in [0.1, 0.15) is 0 Å². The summed E-state index contributed by atoms with van der Waals surface area (Å²) in [5, 5.41) is 2.80. The van der Waals surface area contributed by atoms with Gasteiger partial charge in [-0.25, -0.2) is 0 Å². The maximum absolute atomic E-state index is 12.2. The van der Waals surface area contributed by atoms with Crippen molar-refractivity contribution in [2.75, 3.05) is 0 Å². The Labute approximate surface area is 127 Å². The van der Waals surface area contributed by atoms with Crippen molar-refractivity contribution in [1.82, 2.24) is 5.32 Å². The van der Waals surface area contributed by atoms with Gasteiger partial charge in [-0.3, -0.25) is 4.79 Å². The van der Waals surface area contributed by atoms with E-state index in [1.54, 1.807) is 6.08 Å². The third-order valence-electron chi connectivity index (χ3n) is 4.26. The number of allylic oxidation sites excluding steroid dienone is 3. The number of amides is 1. The molecule has 1 aliphatic heterocycles. The second kappa shape index (κ2) is 6.66. The van der Waals surface area contributed by atoms with Crippen molar-refractivity contribution in [3.63, 3.8) is 0 Å². The summed E-state index contributed by atoms with van der Waals surface area (Å²) in [6.07, 6.45) is 4.42. The van der Waals surface area contributed by atoms with E-state index in [9.17, 15) is 4.79 Å². The van der Waals surface area contributed by atoms with Gasteiger partial charge in [0.2, 0.25) is 5.91 Å². The van der Waals surface area contributed by atoms with Crippen molar-refractivity contribution in [2.24, 2.45) is 17.8 Å². The molecule has 0 aromatic heterocycles. The van der Waals surface area contributed by atoms with Gasteiger partial charge in [0, 0.05) is 16.9 Å². The Morgan fingerprint density at radius 3 is 2.60 bits per heavy atom. The average molecular weight is 293 g/mol. The van der Waals surface area contributed by atoms with Crippen molar-refractivity contribution in [3.8, 4) is 0 Å². The van der Waals surface area contributed by atoms with E-state index in [0.717, 1.165) is 0 Å². The van der Waals surface area contributed by atoms with Gasteiger partial charge in [0.05, 0.1) is 0 Å². The van der Waals surface area contributed by atoms with Crippen molar-refractivity contribution < 1.29 is 4.79 Å². The smallest absolute Gasteiger partial charge is 0.224 e. The number of carbonyl (C=O) groups is 1. The van der Waals surface area contributed by atoms with Gasteiger partial charge in [-0.05, 0) is 42.6 Å². The Kier molecular flexibility index (Phi) is 5.69. The summed E-state index contributed by atoms with van der Waals surface area (Å²) in [4.78, 5) is 13.5. The monoisotopic (exact) mass is 293 g/mol. The first kappa shape index (κ1) is 17.1. The zero-order valence-electron chi connectivity index (χ0n) is 13.3. The fourth-order valence-electron chi connectivity index (χ4n) is 2.99. The molecule has 0 saturated carbocycles. The van der Waals surface area contributed by atoms with Crippen LogP contribution in [0, 0.1) is 17.8 Å². The van der Waals surface area contributed by atoms with E-state index in [0.29, 0.717) is 29.9 Å². The lowest BCUT2D eigenvalue weighted by molar-refractivity contribution is -0.121. The van der Waals surface area contributed by atoms with Crippen LogP contribution < -0.4 is 5.32 Å². The number of hydrogen-bond donors (Lipinski definition) is 1. The predicted octanol–water partition coefficient (Wildman–Crippen LogP) is 4.51. The molecule has 3 heteroatoms. The molecular weight excluding hydrogens is 266 g/mol. The van der Waals surface area contributed by atoms with E-state index < -0.39 is 0 Å². The first-order chi connectivity index (χ1) is 9.20. The fraction of sp³-hybridized carbons (Fsp3) is 0.588. The molecule has 1 rings (SSSR count). The predicted molar refractivity (Wildman–Crippen MR) is 89.3 cm³/mol. The molecule has 2 unspecified atom stereocenters. The van der Waals surface area contributed by atoms with E-state index in [1.165, 1.54) is 4.91 Å². The van der Waals surface area contributed by atoms with Gasteiger partial charge >= 0.3 is 0 Å². The lowest BCUT2D eigenvalue weighted by Crippen LogP contribution is -2.41. The number of nitrogens with one attached hydrogen (secondary N) is 1. The van der Waals surface area contributed by atoms with E-state index in [4.69, 9.17) is 0 Å². The summed E-state index contributed by atoms with van der Waals surface area (Å²) in [6.45, 7) is 18.5. The third-order valence-corrected chi connectivity index (χ3v) is 5.83. The summed E-state index contributed by atoms with van der Waals surface area (Å²) >= 11 is 1.92. The summed E-state index contributed by atoms with van der Waals surface area (Å²) in [7, 11) is 0. The Morgan fingerprint density at radius 2 is 2.20 bits per heavy atom. The van der Waals surface area contributed by atoms with Crippen LogP contribution in [0.4, 0.5) is 0 Å². The van der Waals surface area contributed by atoms with Crippen molar-refractivity contribution in [2.45, 2.75) is 45.8 Å². The second-order valence-corrected chi connectivity index (χ2v) is 7.91. The van der Waals surface area contributed by atoms with Crippen LogP contribution in [0.3, 0.4) is 0 Å². The van der Waals surface area contributed by atoms with Crippen LogP contribution in [-0.4, -0.2) is 10.7 Å². The van der Waals surface area contributed by atoms with E-state index >= 15 is 0 Å². The minimum absolute atomic E-state index is 0.0344. The first-order valence-corrected chi connectivity index (χ1v) is 8.01. The maximum atomic E-state index is 12.2. The summed E-state index contributed by atoms with van der Waals surface area (Å²) in [5.74, 6) is 1.30. The molecule has 1 N–H and O–H groups in total. The molecule has 3 atom stereocenters. The lowest BCUT2D eigenvalue weighted by atomic mass is 9.75. The van der Waals surface area contributed by atoms with Crippen molar-refractivity contribution in [3.05, 3.63) is 35.9 Å². The number of rotatable bonds is 6. The van der Waals surface area contributed by atoms with Gasteiger partial charge in [-0.1, -0.05) is 40.0 Å². The highest BCUT2D eigenvalue weighted by Crippen LogP contribution is 2.52. The minimum atomic E-state index is 0.0344. The van der Waals surface area contributed by atoms with Crippen molar-refractivity contribution >= 4 is 17.7 Å². The van der Waals surface area contributed by atoms with Gasteiger partial charge < -0.3 is 5.32 Å². The van der Waals surface area contributed by atoms with Crippen LogP contribution in [0.1, 0.15) is 41.0 Å². The van der Waals surface area contributed by atoms with Gasteiger partial charge in [-0.15, -0.1) is 11.8 Å². The molecule has 1 amide bonds. The zero-order chi connectivity index (χ0) is 15.5. The molecule has 1 aliphatic rings. The summed E-state index contributed by atoms with van der Waals surface area (Å²) in [6, 6.07) is 0. The summed E-state index contributed by atoms with van der Waals surface area (Å²) < 4.78 is 0.0884. The number of carbonyl (C=O) groups excluding carboxylic acids is 1. The normalized spacial score (nSPS) is 27.1. The molecule has 1 heterocycles. The maximum Gasteiger partial charge on any atom is 0.224 e. The molecule has 0 aromatic rings. The molecule has 0 aromatic carbocycles. The molecule has 2 nitrogen and oxygen atoms in total. The fourth-order valence-corrected chi connectivity index (χ4v) is 4.71. The Balaban J connectivity index is 2.83. The number of thioether (sulfide) groups is 1. The standard InChI is InChI=1S/C17H27NOS/c1-8-13(5)18-16(19)10-15(11(2)3)17(7)12(4)9-14(6)20-17/h8-9,11-12,15H,1,5,10H2,2-4,6-7H3,(H,18,19)/t12?,15-,17?/m0/s1. The highest BCUT2D eigenvalue weighted by atomic mass is 32.2. The lowest BCUT2D eigenvalue weighted by Gasteiger charge is -2.39. The zero-order valence-corrected chi connectivity index (χ0v) is 14.1. The largest absolute Gasteiger partial charge is 0.327 e. The first-order valence-electron chi connectivity index (χ1n) is 7.19. The Hall–Kier alpha value is -0.960. The van der Waals surface area contributed by atoms with E-state index in [1.807, 2.05) is 11.8 Å². The molecule has 20 heavy (non-hydrogen) atoms. The Morgan fingerprint density at radius 1 is 1.60 bits per heavy atom. The van der Waals surface area contributed by atoms with Crippen LogP contribution in [0.5, 0.6) is 0 Å². The molecule has 0 spiro atoms. The highest BCUT2D eigenvalue weighted by molar-refractivity contribution is 8.04. The third kappa shape index (κ3) is 3.78. The highest BCUT2D eigenvalue weighted by Gasteiger charge is 2.44. The van der Waals surface area contributed by atoms with Gasteiger partial charge in [0.25, 0.3) is 0 Å². The van der Waals surface area contributed by atoms with E-state index in [2.05, 4.69) is 59.2 Å². The van der Waals surface area contributed by atoms with Gasteiger partial charge in [0.15, 0.2) is 0 Å². The van der Waals surface area contributed by atoms with Crippen molar-refractivity contribution in [1.29, 1.82) is 0 Å².